The Hall–Kier alpha value is -1.32. The van der Waals surface area contributed by atoms with Gasteiger partial charge in [-0.05, 0) is 24.8 Å². The summed E-state index contributed by atoms with van der Waals surface area (Å²) in [5.74, 6) is 1.35. The highest BCUT2D eigenvalue weighted by atomic mass is 127. The summed E-state index contributed by atoms with van der Waals surface area (Å²) in [7, 11) is 5.42. The zero-order valence-electron chi connectivity index (χ0n) is 15.7. The summed E-state index contributed by atoms with van der Waals surface area (Å²) in [6.07, 6.45) is 6.70. The topological polar surface area (TPSA) is 74.5 Å². The number of hydrogen-bond acceptors (Lipinski definition) is 3. The van der Waals surface area contributed by atoms with E-state index in [-0.39, 0.29) is 36.4 Å². The molecule has 0 aliphatic heterocycles. The molecular weight excluding hydrogens is 431 g/mol. The fourth-order valence-electron chi connectivity index (χ4n) is 2.89. The predicted molar refractivity (Wildman–Crippen MR) is 111 cm³/mol. The first-order valence-electron chi connectivity index (χ1n) is 8.69. The minimum absolute atomic E-state index is 0. The Morgan fingerprint density at radius 2 is 2.12 bits per heavy atom. The van der Waals surface area contributed by atoms with Crippen molar-refractivity contribution in [2.24, 2.45) is 18.0 Å². The molecule has 0 radical (unpaired) electrons. The molecule has 0 aromatic carbocycles. The third kappa shape index (κ3) is 6.83. The number of guanidine groups is 1. The molecule has 1 aliphatic rings. The Balaban J connectivity index is 0.00000312. The van der Waals surface area contributed by atoms with E-state index in [4.69, 9.17) is 0 Å². The Kier molecular flexibility index (Phi) is 9.23. The van der Waals surface area contributed by atoms with Crippen molar-refractivity contribution in [3.05, 3.63) is 18.0 Å². The van der Waals surface area contributed by atoms with Crippen molar-refractivity contribution < 1.29 is 4.79 Å². The third-order valence-corrected chi connectivity index (χ3v) is 4.66. The van der Waals surface area contributed by atoms with E-state index in [1.807, 2.05) is 17.8 Å². The molecule has 1 aromatic heterocycles. The van der Waals surface area contributed by atoms with Gasteiger partial charge in [0.15, 0.2) is 5.96 Å². The van der Waals surface area contributed by atoms with Crippen LogP contribution in [0.25, 0.3) is 0 Å². The molecule has 1 heterocycles. The van der Waals surface area contributed by atoms with Gasteiger partial charge < -0.3 is 15.5 Å². The number of carbonyl (C=O) groups is 1. The summed E-state index contributed by atoms with van der Waals surface area (Å²) in [5, 5.41) is 10.9. The van der Waals surface area contributed by atoms with Gasteiger partial charge in [-0.1, -0.05) is 19.8 Å². The number of aryl methyl sites for hydroxylation is 1. The molecule has 1 amide bonds. The fraction of sp³-hybridized carbons (Fsp3) is 0.706. The van der Waals surface area contributed by atoms with E-state index in [0.717, 1.165) is 12.1 Å². The van der Waals surface area contributed by atoms with Gasteiger partial charge in [-0.2, -0.15) is 5.10 Å². The lowest BCUT2D eigenvalue weighted by Gasteiger charge is -2.31. The van der Waals surface area contributed by atoms with Crippen LogP contribution in [-0.4, -0.2) is 53.2 Å². The van der Waals surface area contributed by atoms with Crippen molar-refractivity contribution in [3.8, 4) is 0 Å². The summed E-state index contributed by atoms with van der Waals surface area (Å²) in [4.78, 5) is 18.1. The molecule has 0 saturated heterocycles. The van der Waals surface area contributed by atoms with Crippen LogP contribution in [0.1, 0.15) is 38.3 Å². The molecule has 0 spiro atoms. The van der Waals surface area contributed by atoms with Gasteiger partial charge in [-0.3, -0.25) is 9.48 Å². The fourth-order valence-corrected chi connectivity index (χ4v) is 2.89. The van der Waals surface area contributed by atoms with Crippen molar-refractivity contribution in [2.75, 3.05) is 20.6 Å². The molecule has 2 atom stereocenters. The minimum Gasteiger partial charge on any atom is -0.353 e. The highest BCUT2D eigenvalue weighted by Gasteiger charge is 2.22. The van der Waals surface area contributed by atoms with E-state index in [1.54, 1.807) is 25.2 Å². The van der Waals surface area contributed by atoms with Gasteiger partial charge in [-0.15, -0.1) is 24.0 Å². The molecule has 7 nitrogen and oxygen atoms in total. The van der Waals surface area contributed by atoms with Crippen LogP contribution >= 0.6 is 24.0 Å². The van der Waals surface area contributed by atoms with E-state index in [9.17, 15) is 4.79 Å². The predicted octanol–water partition coefficient (Wildman–Crippen LogP) is 1.74. The standard InChI is InChI=1S/C17H30N6O.HI/c1-13-7-5-6-8-15(13)21-17(19-12-16(24)22(2)3)18-11-14-9-10-20-23(14)4;/h9-10,13,15H,5-8,11-12H2,1-4H3,(H2,18,19,21);1H. The van der Waals surface area contributed by atoms with Crippen LogP contribution in [0.15, 0.2) is 17.3 Å². The third-order valence-electron chi connectivity index (χ3n) is 4.66. The summed E-state index contributed by atoms with van der Waals surface area (Å²) in [5.41, 5.74) is 1.03. The molecule has 0 bridgehead atoms. The minimum atomic E-state index is 0. The van der Waals surface area contributed by atoms with Crippen LogP contribution in [0.3, 0.4) is 0 Å². The zero-order chi connectivity index (χ0) is 17.5. The van der Waals surface area contributed by atoms with Gasteiger partial charge in [-0.25, -0.2) is 4.99 Å². The second-order valence-electron chi connectivity index (χ2n) is 6.77. The largest absolute Gasteiger partial charge is 0.353 e. The SMILES string of the molecule is CC1CCCCC1NC(=NCc1ccnn1C)NCC(=O)N(C)C.I. The molecule has 8 heteroatoms. The maximum atomic E-state index is 11.9. The molecule has 142 valence electrons. The van der Waals surface area contributed by atoms with Crippen molar-refractivity contribution in [1.82, 2.24) is 25.3 Å². The number of hydrogen-bond donors (Lipinski definition) is 2. The van der Waals surface area contributed by atoms with E-state index in [1.165, 1.54) is 19.3 Å². The highest BCUT2D eigenvalue weighted by Crippen LogP contribution is 2.23. The number of aromatic nitrogens is 2. The number of nitrogens with zero attached hydrogens (tertiary/aromatic N) is 4. The molecule has 2 N–H and O–H groups in total. The average Bonchev–Trinajstić information content (AvgIpc) is 2.96. The molecule has 1 aliphatic carbocycles. The number of aliphatic imine (C=N–C) groups is 1. The molecular formula is C17H31IN6O. The lowest BCUT2D eigenvalue weighted by molar-refractivity contribution is -0.127. The van der Waals surface area contributed by atoms with Gasteiger partial charge in [0.1, 0.15) is 0 Å². The second kappa shape index (κ2) is 10.6. The normalized spacial score (nSPS) is 20.6. The van der Waals surface area contributed by atoms with E-state index in [2.05, 4.69) is 27.6 Å². The Bertz CT molecular complexity index is 571. The van der Waals surface area contributed by atoms with Gasteiger partial charge in [0.05, 0.1) is 18.8 Å². The van der Waals surface area contributed by atoms with E-state index >= 15 is 0 Å². The number of rotatable bonds is 5. The van der Waals surface area contributed by atoms with Crippen LogP contribution in [-0.2, 0) is 18.4 Å². The van der Waals surface area contributed by atoms with Crippen LogP contribution in [0.2, 0.25) is 0 Å². The van der Waals surface area contributed by atoms with Crippen molar-refractivity contribution >= 4 is 35.8 Å². The summed E-state index contributed by atoms with van der Waals surface area (Å²) in [6.45, 7) is 3.05. The lowest BCUT2D eigenvalue weighted by Crippen LogP contribution is -2.49. The maximum Gasteiger partial charge on any atom is 0.241 e. The Morgan fingerprint density at radius 1 is 1.40 bits per heavy atom. The number of amides is 1. The van der Waals surface area contributed by atoms with E-state index < -0.39 is 0 Å². The molecule has 2 rings (SSSR count). The molecule has 1 saturated carbocycles. The molecule has 2 unspecified atom stereocenters. The second-order valence-corrected chi connectivity index (χ2v) is 6.77. The van der Waals surface area contributed by atoms with Gasteiger partial charge >= 0.3 is 0 Å². The van der Waals surface area contributed by atoms with Crippen LogP contribution in [0.5, 0.6) is 0 Å². The zero-order valence-corrected chi connectivity index (χ0v) is 18.0. The number of carbonyl (C=O) groups excluding carboxylic acids is 1. The quantitative estimate of drug-likeness (QED) is 0.397. The van der Waals surface area contributed by atoms with Crippen LogP contribution in [0, 0.1) is 5.92 Å². The molecule has 25 heavy (non-hydrogen) atoms. The van der Waals surface area contributed by atoms with Crippen LogP contribution < -0.4 is 10.6 Å². The average molecular weight is 462 g/mol. The molecule has 1 aromatic rings. The Morgan fingerprint density at radius 3 is 2.72 bits per heavy atom. The van der Waals surface area contributed by atoms with Gasteiger partial charge in [0.2, 0.25) is 5.91 Å². The monoisotopic (exact) mass is 462 g/mol. The lowest BCUT2D eigenvalue weighted by atomic mass is 9.86. The van der Waals surface area contributed by atoms with Crippen molar-refractivity contribution in [1.29, 1.82) is 0 Å². The van der Waals surface area contributed by atoms with Gasteiger partial charge in [0.25, 0.3) is 0 Å². The summed E-state index contributed by atoms with van der Waals surface area (Å²) >= 11 is 0. The van der Waals surface area contributed by atoms with Crippen LogP contribution in [0.4, 0.5) is 0 Å². The number of nitrogens with one attached hydrogen (secondary N) is 2. The number of likely N-dealkylation sites (N-methyl/N-ethyl adjacent to an activating group) is 1. The van der Waals surface area contributed by atoms with Crippen molar-refractivity contribution in [2.45, 2.75) is 45.2 Å². The maximum absolute atomic E-state index is 11.9. The van der Waals surface area contributed by atoms with Gasteiger partial charge in [0, 0.05) is 33.4 Å². The highest BCUT2D eigenvalue weighted by molar-refractivity contribution is 14.0. The van der Waals surface area contributed by atoms with E-state index in [0.29, 0.717) is 24.5 Å². The smallest absolute Gasteiger partial charge is 0.241 e. The number of halogens is 1. The summed E-state index contributed by atoms with van der Waals surface area (Å²) < 4.78 is 1.81. The summed E-state index contributed by atoms with van der Waals surface area (Å²) in [6, 6.07) is 2.36. The first-order chi connectivity index (χ1) is 11.5. The van der Waals surface area contributed by atoms with Crippen molar-refractivity contribution in [3.63, 3.8) is 0 Å². The first-order valence-corrected chi connectivity index (χ1v) is 8.69. The Labute approximate surface area is 167 Å². The first kappa shape index (κ1) is 21.7. The molecule has 1 fully saturated rings.